The summed E-state index contributed by atoms with van der Waals surface area (Å²) >= 11 is 0. The molecule has 20 heavy (non-hydrogen) atoms. The van der Waals surface area contributed by atoms with E-state index in [2.05, 4.69) is 41.5 Å². The summed E-state index contributed by atoms with van der Waals surface area (Å²) in [6.45, 7) is 8.04. The smallest absolute Gasteiger partial charge is 0.0506 e. The van der Waals surface area contributed by atoms with Crippen molar-refractivity contribution in [1.82, 2.24) is 9.47 Å². The van der Waals surface area contributed by atoms with E-state index in [1.54, 1.807) is 0 Å². The van der Waals surface area contributed by atoms with Crippen molar-refractivity contribution >= 4 is 16.6 Å². The molecule has 0 amide bonds. The Morgan fingerprint density at radius 1 is 1.10 bits per heavy atom. The van der Waals surface area contributed by atoms with Crippen molar-refractivity contribution in [3.63, 3.8) is 0 Å². The second kappa shape index (κ2) is 5.49. The van der Waals surface area contributed by atoms with E-state index in [9.17, 15) is 0 Å². The second-order valence-corrected chi connectivity index (χ2v) is 6.25. The molecule has 0 spiro atoms. The molecule has 1 saturated heterocycles. The van der Waals surface area contributed by atoms with Crippen molar-refractivity contribution in [2.75, 3.05) is 18.8 Å². The van der Waals surface area contributed by atoms with E-state index in [4.69, 9.17) is 5.73 Å². The number of rotatable bonds is 3. The highest BCUT2D eigenvalue weighted by molar-refractivity contribution is 5.84. The third-order valence-corrected chi connectivity index (χ3v) is 4.30. The van der Waals surface area contributed by atoms with Crippen molar-refractivity contribution in [1.29, 1.82) is 0 Å². The van der Waals surface area contributed by atoms with Crippen LogP contribution in [0.1, 0.15) is 44.8 Å². The van der Waals surface area contributed by atoms with Gasteiger partial charge in [-0.15, -0.1) is 0 Å². The minimum atomic E-state index is 0.467. The van der Waals surface area contributed by atoms with Crippen LogP contribution in [-0.4, -0.2) is 22.6 Å². The summed E-state index contributed by atoms with van der Waals surface area (Å²) in [5.74, 6) is 0. The third kappa shape index (κ3) is 2.55. The lowest BCUT2D eigenvalue weighted by Gasteiger charge is -2.27. The van der Waals surface area contributed by atoms with Gasteiger partial charge in [-0.05, 0) is 58.0 Å². The number of nitrogens with zero attached hydrogens (tertiary/aromatic N) is 2. The predicted molar refractivity (Wildman–Crippen MR) is 85.9 cm³/mol. The molecule has 1 aromatic carbocycles. The van der Waals surface area contributed by atoms with E-state index in [0.29, 0.717) is 6.04 Å². The highest BCUT2D eigenvalue weighted by Crippen LogP contribution is 2.27. The van der Waals surface area contributed by atoms with Crippen molar-refractivity contribution in [2.45, 2.75) is 45.7 Å². The van der Waals surface area contributed by atoms with Gasteiger partial charge in [0, 0.05) is 29.4 Å². The molecule has 0 bridgehead atoms. The Morgan fingerprint density at radius 3 is 2.55 bits per heavy atom. The van der Waals surface area contributed by atoms with E-state index in [0.717, 1.165) is 12.2 Å². The average Bonchev–Trinajstić information content (AvgIpc) is 2.77. The van der Waals surface area contributed by atoms with Crippen LogP contribution in [0.3, 0.4) is 0 Å². The molecule has 2 aromatic rings. The van der Waals surface area contributed by atoms with Gasteiger partial charge in [-0.1, -0.05) is 12.5 Å². The highest BCUT2D eigenvalue weighted by atomic mass is 15.2. The average molecular weight is 271 g/mol. The largest absolute Gasteiger partial charge is 0.399 e. The molecular weight excluding hydrogens is 246 g/mol. The summed E-state index contributed by atoms with van der Waals surface area (Å²) in [7, 11) is 0. The number of hydrogen-bond acceptors (Lipinski definition) is 2. The molecule has 2 N–H and O–H groups in total. The lowest BCUT2D eigenvalue weighted by Crippen LogP contribution is -2.30. The quantitative estimate of drug-likeness (QED) is 0.862. The molecule has 3 rings (SSSR count). The molecule has 0 atom stereocenters. The number of aromatic nitrogens is 1. The van der Waals surface area contributed by atoms with Gasteiger partial charge in [-0.25, -0.2) is 0 Å². The summed E-state index contributed by atoms with van der Waals surface area (Å²) in [5.41, 5.74) is 9.50. The molecule has 2 heterocycles. The number of fused-ring (bicyclic) bond motifs is 1. The van der Waals surface area contributed by atoms with Crippen molar-refractivity contribution in [2.24, 2.45) is 0 Å². The molecular formula is C17H25N3. The Labute approximate surface area is 121 Å². The van der Waals surface area contributed by atoms with Crippen LogP contribution in [0.4, 0.5) is 5.69 Å². The van der Waals surface area contributed by atoms with E-state index in [-0.39, 0.29) is 0 Å². The summed E-state index contributed by atoms with van der Waals surface area (Å²) < 4.78 is 2.44. The van der Waals surface area contributed by atoms with Crippen molar-refractivity contribution < 1.29 is 0 Å². The molecule has 1 aromatic heterocycles. The first-order valence-electron chi connectivity index (χ1n) is 7.77. The third-order valence-electron chi connectivity index (χ3n) is 4.30. The van der Waals surface area contributed by atoms with Gasteiger partial charge in [0.2, 0.25) is 0 Å². The molecule has 0 radical (unpaired) electrons. The molecule has 0 saturated carbocycles. The number of anilines is 1. The molecule has 3 nitrogen and oxygen atoms in total. The Balaban J connectivity index is 1.98. The molecule has 1 fully saturated rings. The first kappa shape index (κ1) is 13.5. The van der Waals surface area contributed by atoms with Gasteiger partial charge in [0.05, 0.1) is 5.52 Å². The van der Waals surface area contributed by atoms with Crippen LogP contribution in [0.5, 0.6) is 0 Å². The Bertz CT molecular complexity index is 592. The number of nitrogens with two attached hydrogens (primary N) is 1. The normalized spacial score (nSPS) is 17.1. The van der Waals surface area contributed by atoms with Gasteiger partial charge in [0.1, 0.15) is 0 Å². The summed E-state index contributed by atoms with van der Waals surface area (Å²) in [6.07, 6.45) is 4.07. The highest BCUT2D eigenvalue weighted by Gasteiger charge is 2.16. The number of hydrogen-bond donors (Lipinski definition) is 1. The van der Waals surface area contributed by atoms with Crippen LogP contribution in [0.15, 0.2) is 24.3 Å². The fourth-order valence-corrected chi connectivity index (χ4v) is 3.37. The van der Waals surface area contributed by atoms with Crippen LogP contribution >= 0.6 is 0 Å². The Kier molecular flexibility index (Phi) is 3.70. The van der Waals surface area contributed by atoms with Crippen LogP contribution in [0, 0.1) is 0 Å². The van der Waals surface area contributed by atoms with Gasteiger partial charge in [0.15, 0.2) is 0 Å². The second-order valence-electron chi connectivity index (χ2n) is 6.25. The summed E-state index contributed by atoms with van der Waals surface area (Å²) in [6, 6.07) is 9.05. The zero-order valence-corrected chi connectivity index (χ0v) is 12.6. The van der Waals surface area contributed by atoms with Crippen LogP contribution < -0.4 is 5.73 Å². The maximum atomic E-state index is 5.96. The standard InChI is InChI=1S/C17H25N3/c1-13(2)20-16(12-19-8-4-3-5-9-19)10-14-6-7-15(18)11-17(14)20/h6-7,10-11,13H,3-5,8-9,12,18H2,1-2H3. The first-order chi connectivity index (χ1) is 9.65. The van der Waals surface area contributed by atoms with E-state index in [1.807, 2.05) is 6.07 Å². The fraction of sp³-hybridized carbons (Fsp3) is 0.529. The molecule has 0 aliphatic carbocycles. The number of piperidine rings is 1. The Hall–Kier alpha value is -1.48. The Morgan fingerprint density at radius 2 is 1.85 bits per heavy atom. The molecule has 108 valence electrons. The fourth-order valence-electron chi connectivity index (χ4n) is 3.37. The lowest BCUT2D eigenvalue weighted by molar-refractivity contribution is 0.215. The minimum Gasteiger partial charge on any atom is -0.399 e. The topological polar surface area (TPSA) is 34.2 Å². The molecule has 1 aliphatic heterocycles. The number of nitrogen functional groups attached to an aromatic ring is 1. The van der Waals surface area contributed by atoms with Crippen LogP contribution in [-0.2, 0) is 6.54 Å². The maximum Gasteiger partial charge on any atom is 0.0506 e. The lowest BCUT2D eigenvalue weighted by atomic mass is 10.1. The first-order valence-corrected chi connectivity index (χ1v) is 7.77. The van der Waals surface area contributed by atoms with Crippen molar-refractivity contribution in [3.05, 3.63) is 30.0 Å². The predicted octanol–water partition coefficient (Wildman–Crippen LogP) is 3.79. The molecule has 0 unspecified atom stereocenters. The van der Waals surface area contributed by atoms with Gasteiger partial charge in [-0.3, -0.25) is 4.90 Å². The maximum absolute atomic E-state index is 5.96. The molecule has 1 aliphatic rings. The minimum absolute atomic E-state index is 0.467. The monoisotopic (exact) mass is 271 g/mol. The SMILES string of the molecule is CC(C)n1c(CN2CCCCC2)cc2ccc(N)cc21. The van der Waals surface area contributed by atoms with Gasteiger partial charge in [-0.2, -0.15) is 0 Å². The zero-order chi connectivity index (χ0) is 14.1. The van der Waals surface area contributed by atoms with E-state index in [1.165, 1.54) is 48.9 Å². The molecule has 3 heteroatoms. The van der Waals surface area contributed by atoms with Gasteiger partial charge in [0.25, 0.3) is 0 Å². The number of likely N-dealkylation sites (tertiary alicyclic amines) is 1. The number of benzene rings is 1. The summed E-state index contributed by atoms with van der Waals surface area (Å²) in [5, 5.41) is 1.31. The van der Waals surface area contributed by atoms with Crippen LogP contribution in [0.25, 0.3) is 10.9 Å². The zero-order valence-electron chi connectivity index (χ0n) is 12.6. The van der Waals surface area contributed by atoms with Gasteiger partial charge >= 0.3 is 0 Å². The van der Waals surface area contributed by atoms with E-state index >= 15 is 0 Å². The van der Waals surface area contributed by atoms with Gasteiger partial charge < -0.3 is 10.3 Å². The van der Waals surface area contributed by atoms with Crippen molar-refractivity contribution in [3.8, 4) is 0 Å². The van der Waals surface area contributed by atoms with E-state index < -0.39 is 0 Å². The summed E-state index contributed by atoms with van der Waals surface area (Å²) in [4.78, 5) is 2.58. The van der Waals surface area contributed by atoms with Crippen LogP contribution in [0.2, 0.25) is 0 Å².